The van der Waals surface area contributed by atoms with E-state index in [9.17, 15) is 4.79 Å². The van der Waals surface area contributed by atoms with Crippen LogP contribution in [0.15, 0.2) is 24.8 Å². The lowest BCUT2D eigenvalue weighted by Crippen LogP contribution is -1.93. The summed E-state index contributed by atoms with van der Waals surface area (Å²) in [7, 11) is 0. The molecule has 0 amide bonds. The molecule has 0 atom stereocenters. The fourth-order valence-corrected chi connectivity index (χ4v) is 0.0873. The Morgan fingerprint density at radius 1 is 1.71 bits per heavy atom. The molecule has 0 aliphatic carbocycles. The van der Waals surface area contributed by atoms with Gasteiger partial charge in [0.25, 0.3) is 0 Å². The summed E-state index contributed by atoms with van der Waals surface area (Å²) < 4.78 is 0. The maximum Gasteiger partial charge on any atom is 0.335 e. The fraction of sp³-hybridized carbons (Fsp3) is 0. The molecule has 0 saturated heterocycles. The van der Waals surface area contributed by atoms with Gasteiger partial charge in [-0.25, -0.2) is 4.79 Å². The molecule has 1 N–H and O–H groups in total. The van der Waals surface area contributed by atoms with E-state index < -0.39 is 5.97 Å². The predicted octanol–water partition coefficient (Wildman–Crippen LogP) is 0.813. The molecule has 0 aromatic rings. The van der Waals surface area contributed by atoms with Crippen LogP contribution in [0.4, 0.5) is 0 Å². The Morgan fingerprint density at radius 3 is 2.14 bits per heavy atom. The second kappa shape index (κ2) is 2.18. The summed E-state index contributed by atoms with van der Waals surface area (Å²) in [5.74, 6) is -1.02. The number of hydrogen-bond acceptors (Lipinski definition) is 1. The maximum absolute atomic E-state index is 9.76. The zero-order valence-electron chi connectivity index (χ0n) is 3.85. The van der Waals surface area contributed by atoms with Gasteiger partial charge in [0, 0.05) is 0 Å². The number of carbonyl (C=O) groups is 1. The van der Waals surface area contributed by atoms with Gasteiger partial charge in [-0.2, -0.15) is 0 Å². The van der Waals surface area contributed by atoms with E-state index in [-0.39, 0.29) is 5.57 Å². The zero-order chi connectivity index (χ0) is 5.86. The summed E-state index contributed by atoms with van der Waals surface area (Å²) >= 11 is 0. The lowest BCUT2D eigenvalue weighted by molar-refractivity contribution is -0.132. The van der Waals surface area contributed by atoms with Gasteiger partial charge in [0.2, 0.25) is 0 Å². The number of aliphatic carboxylic acids is 1. The SMILES string of the molecule is C=CC(=C)C(=O)O. The molecule has 0 spiro atoms. The first kappa shape index (κ1) is 5.95. The van der Waals surface area contributed by atoms with Crippen LogP contribution in [0.25, 0.3) is 0 Å². The molecule has 0 bridgehead atoms. The third kappa shape index (κ3) is 1.76. The van der Waals surface area contributed by atoms with Gasteiger partial charge in [-0.15, -0.1) is 0 Å². The molecule has 0 aromatic carbocycles. The van der Waals surface area contributed by atoms with Gasteiger partial charge in [0.05, 0.1) is 5.57 Å². The molecule has 7 heavy (non-hydrogen) atoms. The van der Waals surface area contributed by atoms with E-state index in [1.54, 1.807) is 0 Å². The van der Waals surface area contributed by atoms with E-state index in [0.717, 1.165) is 0 Å². The summed E-state index contributed by atoms with van der Waals surface area (Å²) in [5.41, 5.74) is 0.0278. The first-order valence-corrected chi connectivity index (χ1v) is 1.73. The summed E-state index contributed by atoms with van der Waals surface area (Å²) in [6.45, 7) is 6.36. The van der Waals surface area contributed by atoms with Crippen molar-refractivity contribution >= 4 is 5.97 Å². The van der Waals surface area contributed by atoms with Crippen molar-refractivity contribution in [2.24, 2.45) is 0 Å². The average Bonchev–Trinajstić information content (AvgIpc) is 1.65. The molecule has 0 fully saturated rings. The largest absolute Gasteiger partial charge is 0.478 e. The topological polar surface area (TPSA) is 37.3 Å². The highest BCUT2D eigenvalue weighted by Gasteiger charge is 1.93. The van der Waals surface area contributed by atoms with E-state index in [1.807, 2.05) is 0 Å². The van der Waals surface area contributed by atoms with Gasteiger partial charge < -0.3 is 5.11 Å². The Hall–Kier alpha value is -1.05. The van der Waals surface area contributed by atoms with Gasteiger partial charge in [-0.3, -0.25) is 0 Å². The van der Waals surface area contributed by atoms with Crippen LogP contribution in [0.2, 0.25) is 0 Å². The quantitative estimate of drug-likeness (QED) is 0.410. The van der Waals surface area contributed by atoms with E-state index >= 15 is 0 Å². The third-order valence-corrected chi connectivity index (χ3v) is 0.521. The minimum Gasteiger partial charge on any atom is -0.478 e. The van der Waals surface area contributed by atoms with Crippen molar-refractivity contribution in [2.75, 3.05) is 0 Å². The van der Waals surface area contributed by atoms with Crippen molar-refractivity contribution in [1.29, 1.82) is 0 Å². The van der Waals surface area contributed by atoms with E-state index in [4.69, 9.17) is 5.11 Å². The molecule has 38 valence electrons. The third-order valence-electron chi connectivity index (χ3n) is 0.521. The van der Waals surface area contributed by atoms with Crippen molar-refractivity contribution in [2.45, 2.75) is 0 Å². The molecule has 0 saturated carbocycles. The number of rotatable bonds is 2. The van der Waals surface area contributed by atoms with Gasteiger partial charge >= 0.3 is 5.97 Å². The summed E-state index contributed by atoms with van der Waals surface area (Å²) in [5, 5.41) is 8.01. The maximum atomic E-state index is 9.76. The van der Waals surface area contributed by atoms with Gasteiger partial charge in [-0.1, -0.05) is 19.2 Å². The highest BCUT2D eigenvalue weighted by atomic mass is 16.4. The predicted molar refractivity (Wildman–Crippen MR) is 27.0 cm³/mol. The molecule has 0 unspecified atom stereocenters. The van der Waals surface area contributed by atoms with E-state index in [0.29, 0.717) is 0 Å². The normalized spacial score (nSPS) is 7.43. The van der Waals surface area contributed by atoms with Gasteiger partial charge in [0.1, 0.15) is 0 Å². The van der Waals surface area contributed by atoms with E-state index in [2.05, 4.69) is 13.2 Å². The molecule has 0 heterocycles. The van der Waals surface area contributed by atoms with E-state index in [1.165, 1.54) is 6.08 Å². The second-order valence-electron chi connectivity index (χ2n) is 1.03. The zero-order valence-corrected chi connectivity index (χ0v) is 3.85. The van der Waals surface area contributed by atoms with Crippen LogP contribution < -0.4 is 0 Å². The monoisotopic (exact) mass is 98.0 g/mol. The number of hydrogen-bond donors (Lipinski definition) is 1. The highest BCUT2D eigenvalue weighted by Crippen LogP contribution is 1.86. The molecule has 2 heteroatoms. The van der Waals surface area contributed by atoms with Crippen LogP contribution in [-0.4, -0.2) is 11.1 Å². The Labute approximate surface area is 41.8 Å². The van der Waals surface area contributed by atoms with Crippen LogP contribution >= 0.6 is 0 Å². The fourth-order valence-electron chi connectivity index (χ4n) is 0.0873. The second-order valence-corrected chi connectivity index (χ2v) is 1.03. The molecule has 0 aliphatic rings. The van der Waals surface area contributed by atoms with Gasteiger partial charge in [0.15, 0.2) is 0 Å². The average molecular weight is 98.1 g/mol. The lowest BCUT2D eigenvalue weighted by atomic mass is 10.3. The van der Waals surface area contributed by atoms with Crippen molar-refractivity contribution in [3.8, 4) is 0 Å². The molecule has 0 aromatic heterocycles. The van der Waals surface area contributed by atoms with Crippen LogP contribution in [0.3, 0.4) is 0 Å². The van der Waals surface area contributed by atoms with Crippen LogP contribution in [0.5, 0.6) is 0 Å². The van der Waals surface area contributed by atoms with Crippen molar-refractivity contribution in [3.63, 3.8) is 0 Å². The molecule has 0 radical (unpaired) electrons. The standard InChI is InChI=1S/C5H6O2/c1-3-4(2)5(6)7/h3H,1-2H2,(H,6,7). The Morgan fingerprint density at radius 2 is 2.14 bits per heavy atom. The molecular formula is C5H6O2. The van der Waals surface area contributed by atoms with Crippen molar-refractivity contribution in [1.82, 2.24) is 0 Å². The van der Waals surface area contributed by atoms with Crippen LogP contribution in [0, 0.1) is 0 Å². The first-order chi connectivity index (χ1) is 3.18. The first-order valence-electron chi connectivity index (χ1n) is 1.73. The number of carboxylic acid groups (broad SMARTS) is 1. The number of carboxylic acids is 1. The van der Waals surface area contributed by atoms with Crippen molar-refractivity contribution < 1.29 is 9.90 Å². The summed E-state index contributed by atoms with van der Waals surface area (Å²) in [4.78, 5) is 9.76. The Balaban J connectivity index is 3.81. The smallest absolute Gasteiger partial charge is 0.335 e. The van der Waals surface area contributed by atoms with Crippen LogP contribution in [-0.2, 0) is 4.79 Å². The summed E-state index contributed by atoms with van der Waals surface area (Å²) in [6.07, 6.45) is 1.20. The van der Waals surface area contributed by atoms with Gasteiger partial charge in [-0.05, 0) is 0 Å². The minimum atomic E-state index is -1.02. The minimum absolute atomic E-state index is 0.0278. The molecular weight excluding hydrogens is 92.1 g/mol. The highest BCUT2D eigenvalue weighted by molar-refractivity contribution is 5.88. The van der Waals surface area contributed by atoms with Crippen molar-refractivity contribution in [3.05, 3.63) is 24.8 Å². The van der Waals surface area contributed by atoms with Crippen LogP contribution in [0.1, 0.15) is 0 Å². The molecule has 0 rings (SSSR count). The lowest BCUT2D eigenvalue weighted by Gasteiger charge is -1.82. The molecule has 0 aliphatic heterocycles. The molecule has 2 nitrogen and oxygen atoms in total. The Kier molecular flexibility index (Phi) is 1.85. The summed E-state index contributed by atoms with van der Waals surface area (Å²) in [6, 6.07) is 0. The Bertz CT molecular complexity index is 113.